The van der Waals surface area contributed by atoms with E-state index < -0.39 is 0 Å². The van der Waals surface area contributed by atoms with E-state index in [-0.39, 0.29) is 0 Å². The molecule has 0 rings (SSSR count). The molecule has 0 spiro atoms. The second-order valence-electron chi connectivity index (χ2n) is 2.92. The maximum atomic E-state index is 11.0. The number of unbranched alkanes of at least 4 members (excludes halogenated alkanes) is 2. The Balaban J connectivity index is 3.17. The summed E-state index contributed by atoms with van der Waals surface area (Å²) in [5, 5.41) is 0. The zero-order chi connectivity index (χ0) is 9.23. The molecule has 0 fully saturated rings. The zero-order valence-corrected chi connectivity index (χ0v) is 8.15. The fourth-order valence-corrected chi connectivity index (χ4v) is 1.06. The molecule has 0 N–H and O–H groups in total. The summed E-state index contributed by atoms with van der Waals surface area (Å²) >= 11 is 0. The summed E-state index contributed by atoms with van der Waals surface area (Å²) in [6, 6.07) is 0. The van der Waals surface area contributed by atoms with Crippen molar-refractivity contribution in [2.75, 3.05) is 0 Å². The lowest BCUT2D eigenvalue weighted by Gasteiger charge is -1.96. The highest BCUT2D eigenvalue weighted by molar-refractivity contribution is 5.78. The molecule has 0 bridgehead atoms. The third-order valence-electron chi connectivity index (χ3n) is 1.71. The first kappa shape index (κ1) is 11.2. The molecule has 0 amide bonds. The predicted octanol–water partition coefficient (Wildman–Crippen LogP) is 2.94. The van der Waals surface area contributed by atoms with Gasteiger partial charge in [0.2, 0.25) is 0 Å². The number of ketones is 1. The summed E-state index contributed by atoms with van der Waals surface area (Å²) in [6.07, 6.45) is 5.49. The highest BCUT2D eigenvalue weighted by Gasteiger charge is 1.98. The maximum Gasteiger partial charge on any atom is 0.132 e. The van der Waals surface area contributed by atoms with Crippen LogP contribution in [0.4, 0.5) is 0 Å². The number of rotatable bonds is 6. The minimum absolute atomic E-state index is 0.405. The van der Waals surface area contributed by atoms with Crippen LogP contribution in [0.2, 0.25) is 0 Å². The minimum Gasteiger partial charge on any atom is -0.300 e. The van der Waals surface area contributed by atoms with Crippen LogP contribution in [0.5, 0.6) is 0 Å². The van der Waals surface area contributed by atoms with Gasteiger partial charge in [-0.25, -0.2) is 0 Å². The Morgan fingerprint density at radius 2 is 2.00 bits per heavy atom. The normalized spacial score (nSPS) is 8.83. The zero-order valence-electron chi connectivity index (χ0n) is 8.15. The van der Waals surface area contributed by atoms with Gasteiger partial charge in [0.25, 0.3) is 0 Å². The maximum absolute atomic E-state index is 11.0. The SMILES string of the molecule is CC#CCCCCC(=O)CCC. The molecule has 12 heavy (non-hydrogen) atoms. The van der Waals surface area contributed by atoms with E-state index in [0.717, 1.165) is 38.5 Å². The van der Waals surface area contributed by atoms with Gasteiger partial charge in [0.05, 0.1) is 0 Å². The molecular weight excluding hydrogens is 148 g/mol. The van der Waals surface area contributed by atoms with E-state index >= 15 is 0 Å². The Morgan fingerprint density at radius 3 is 2.58 bits per heavy atom. The molecule has 0 radical (unpaired) electrons. The standard InChI is InChI=1S/C11H18O/c1-3-5-6-7-8-10-11(12)9-4-2/h4,6-10H2,1-2H3. The lowest BCUT2D eigenvalue weighted by Crippen LogP contribution is -1.95. The second-order valence-corrected chi connectivity index (χ2v) is 2.92. The van der Waals surface area contributed by atoms with Crippen LogP contribution >= 0.6 is 0 Å². The van der Waals surface area contributed by atoms with Gasteiger partial charge in [0, 0.05) is 19.3 Å². The van der Waals surface area contributed by atoms with Crippen LogP contribution in [0, 0.1) is 11.8 Å². The molecule has 0 aliphatic carbocycles. The molecule has 0 aromatic heterocycles. The number of hydrogen-bond donors (Lipinski definition) is 0. The Labute approximate surface area is 75.5 Å². The van der Waals surface area contributed by atoms with Crippen molar-refractivity contribution >= 4 is 5.78 Å². The molecule has 0 saturated carbocycles. The highest BCUT2D eigenvalue weighted by atomic mass is 16.1. The molecule has 0 heterocycles. The Kier molecular flexibility index (Phi) is 7.79. The van der Waals surface area contributed by atoms with E-state index in [1.807, 2.05) is 13.8 Å². The van der Waals surface area contributed by atoms with Gasteiger partial charge >= 0.3 is 0 Å². The molecule has 1 nitrogen and oxygen atoms in total. The summed E-state index contributed by atoms with van der Waals surface area (Å²) in [7, 11) is 0. The Hall–Kier alpha value is -0.770. The summed E-state index contributed by atoms with van der Waals surface area (Å²) in [5.41, 5.74) is 0. The average Bonchev–Trinajstić information content (AvgIpc) is 2.05. The lowest BCUT2D eigenvalue weighted by atomic mass is 10.1. The van der Waals surface area contributed by atoms with Gasteiger partial charge in [-0.3, -0.25) is 4.79 Å². The van der Waals surface area contributed by atoms with Crippen molar-refractivity contribution in [2.24, 2.45) is 0 Å². The van der Waals surface area contributed by atoms with E-state index in [4.69, 9.17) is 0 Å². The molecule has 0 aliphatic heterocycles. The van der Waals surface area contributed by atoms with E-state index in [1.165, 1.54) is 0 Å². The monoisotopic (exact) mass is 166 g/mol. The quantitative estimate of drug-likeness (QED) is 0.438. The van der Waals surface area contributed by atoms with Crippen molar-refractivity contribution in [1.29, 1.82) is 0 Å². The Morgan fingerprint density at radius 1 is 1.25 bits per heavy atom. The van der Waals surface area contributed by atoms with Crippen LogP contribution in [-0.4, -0.2) is 5.78 Å². The number of hydrogen-bond acceptors (Lipinski definition) is 1. The fraction of sp³-hybridized carbons (Fsp3) is 0.727. The van der Waals surface area contributed by atoms with Crippen LogP contribution in [0.1, 0.15) is 52.4 Å². The lowest BCUT2D eigenvalue weighted by molar-refractivity contribution is -0.119. The molecule has 1 heteroatoms. The smallest absolute Gasteiger partial charge is 0.132 e. The Bertz CT molecular complexity index is 171. The van der Waals surface area contributed by atoms with E-state index in [0.29, 0.717) is 5.78 Å². The first-order valence-corrected chi connectivity index (χ1v) is 4.72. The molecule has 0 aromatic rings. The topological polar surface area (TPSA) is 17.1 Å². The van der Waals surface area contributed by atoms with Crippen LogP contribution in [0.3, 0.4) is 0 Å². The van der Waals surface area contributed by atoms with Gasteiger partial charge in [-0.1, -0.05) is 6.92 Å². The molecular formula is C11H18O. The molecule has 0 aliphatic rings. The summed E-state index contributed by atoms with van der Waals surface area (Å²) < 4.78 is 0. The fourth-order valence-electron chi connectivity index (χ4n) is 1.06. The van der Waals surface area contributed by atoms with Crippen molar-refractivity contribution in [3.63, 3.8) is 0 Å². The van der Waals surface area contributed by atoms with E-state index in [2.05, 4.69) is 11.8 Å². The van der Waals surface area contributed by atoms with Gasteiger partial charge in [-0.15, -0.1) is 11.8 Å². The number of carbonyl (C=O) groups excluding carboxylic acids is 1. The molecule has 0 aromatic carbocycles. The summed E-state index contributed by atoms with van der Waals surface area (Å²) in [4.78, 5) is 11.0. The minimum atomic E-state index is 0.405. The molecule has 0 saturated heterocycles. The molecule has 0 atom stereocenters. The van der Waals surface area contributed by atoms with Crippen LogP contribution in [0.15, 0.2) is 0 Å². The average molecular weight is 166 g/mol. The van der Waals surface area contributed by atoms with Crippen molar-refractivity contribution in [3.8, 4) is 11.8 Å². The number of carbonyl (C=O) groups is 1. The van der Waals surface area contributed by atoms with E-state index in [1.54, 1.807) is 0 Å². The predicted molar refractivity (Wildman–Crippen MR) is 51.8 cm³/mol. The van der Waals surface area contributed by atoms with Gasteiger partial charge < -0.3 is 0 Å². The third kappa shape index (κ3) is 7.34. The van der Waals surface area contributed by atoms with Gasteiger partial charge in [-0.05, 0) is 26.2 Å². The molecule has 68 valence electrons. The van der Waals surface area contributed by atoms with E-state index in [9.17, 15) is 4.79 Å². The second kappa shape index (κ2) is 8.33. The highest BCUT2D eigenvalue weighted by Crippen LogP contribution is 2.02. The third-order valence-corrected chi connectivity index (χ3v) is 1.71. The van der Waals surface area contributed by atoms with Crippen molar-refractivity contribution < 1.29 is 4.79 Å². The summed E-state index contributed by atoms with van der Waals surface area (Å²) in [6.45, 7) is 3.89. The van der Waals surface area contributed by atoms with Gasteiger partial charge in [0.1, 0.15) is 5.78 Å². The van der Waals surface area contributed by atoms with Crippen molar-refractivity contribution in [2.45, 2.75) is 52.4 Å². The van der Waals surface area contributed by atoms with Crippen LogP contribution < -0.4 is 0 Å². The number of Topliss-reactive ketones (excluding diaryl/α,β-unsaturated/α-hetero) is 1. The largest absolute Gasteiger partial charge is 0.300 e. The first-order chi connectivity index (χ1) is 5.81. The van der Waals surface area contributed by atoms with Crippen LogP contribution in [-0.2, 0) is 4.79 Å². The summed E-state index contributed by atoms with van der Waals surface area (Å²) in [5.74, 6) is 6.24. The van der Waals surface area contributed by atoms with Gasteiger partial charge in [-0.2, -0.15) is 0 Å². The van der Waals surface area contributed by atoms with Crippen LogP contribution in [0.25, 0.3) is 0 Å². The van der Waals surface area contributed by atoms with Crippen molar-refractivity contribution in [3.05, 3.63) is 0 Å². The van der Waals surface area contributed by atoms with Crippen molar-refractivity contribution in [1.82, 2.24) is 0 Å². The van der Waals surface area contributed by atoms with Gasteiger partial charge in [0.15, 0.2) is 0 Å². The first-order valence-electron chi connectivity index (χ1n) is 4.72. The molecule has 0 unspecified atom stereocenters.